The highest BCUT2D eigenvalue weighted by atomic mass is 32.2. The Hall–Kier alpha value is -2.58. The lowest BCUT2D eigenvalue weighted by molar-refractivity contribution is -0.147. The Morgan fingerprint density at radius 2 is 1.50 bits per heavy atom. The van der Waals surface area contributed by atoms with Gasteiger partial charge in [-0.15, -0.1) is 20.4 Å². The molecule has 0 fully saturated rings. The molecule has 0 aliphatic rings. The average molecular weight is 370 g/mol. The van der Waals surface area contributed by atoms with Crippen LogP contribution in [0.3, 0.4) is 0 Å². The summed E-state index contributed by atoms with van der Waals surface area (Å²) < 4.78 is 76.6. The van der Waals surface area contributed by atoms with Crippen molar-refractivity contribution in [2.24, 2.45) is 0 Å². The van der Waals surface area contributed by atoms with Gasteiger partial charge in [0.2, 0.25) is 5.16 Å². The van der Waals surface area contributed by atoms with Crippen LogP contribution in [0.2, 0.25) is 0 Å². The third-order valence-electron chi connectivity index (χ3n) is 2.61. The van der Waals surface area contributed by atoms with E-state index in [0.717, 1.165) is 0 Å². The second-order valence-corrected chi connectivity index (χ2v) is 5.23. The van der Waals surface area contributed by atoms with E-state index < -0.39 is 29.2 Å². The summed E-state index contributed by atoms with van der Waals surface area (Å²) in [5, 5.41) is 15.5. The van der Waals surface area contributed by atoms with Crippen molar-refractivity contribution in [1.82, 2.24) is 34.7 Å². The third kappa shape index (κ3) is 2.81. The second-order valence-electron chi connectivity index (χ2n) is 4.24. The molecule has 0 spiro atoms. The van der Waals surface area contributed by atoms with E-state index in [9.17, 15) is 26.3 Å². The number of alkyl halides is 6. The molecule has 15 heteroatoms. The highest BCUT2D eigenvalue weighted by Crippen LogP contribution is 2.32. The van der Waals surface area contributed by atoms with Crippen LogP contribution < -0.4 is 5.84 Å². The molecule has 0 bridgehead atoms. The molecule has 24 heavy (non-hydrogen) atoms. The first-order valence-corrected chi connectivity index (χ1v) is 6.64. The maximum atomic E-state index is 12.8. The monoisotopic (exact) mass is 370 g/mol. The van der Waals surface area contributed by atoms with Crippen LogP contribution in [-0.2, 0) is 12.4 Å². The minimum absolute atomic E-state index is 0.111. The van der Waals surface area contributed by atoms with E-state index in [-0.39, 0.29) is 15.3 Å². The number of hydrogen-bond acceptors (Lipinski definition) is 7. The smallest absolute Gasteiger partial charge is 0.335 e. The SMILES string of the molecule is Nn1c(Sc2ccc3nnc(C(F)(F)F)n3n2)nnc1C(F)(F)F. The molecule has 8 nitrogen and oxygen atoms in total. The summed E-state index contributed by atoms with van der Waals surface area (Å²) in [6, 6.07) is 2.40. The number of fused-ring (bicyclic) bond motifs is 1. The molecule has 3 aromatic rings. The molecule has 3 aromatic heterocycles. The lowest BCUT2D eigenvalue weighted by Crippen LogP contribution is -2.21. The molecule has 0 saturated heterocycles. The maximum Gasteiger partial charge on any atom is 0.453 e. The Labute approximate surface area is 131 Å². The molecule has 0 saturated carbocycles. The Morgan fingerprint density at radius 1 is 0.875 bits per heavy atom. The van der Waals surface area contributed by atoms with Gasteiger partial charge >= 0.3 is 12.4 Å². The summed E-state index contributed by atoms with van der Waals surface area (Å²) in [5.41, 5.74) is -0.183. The fourth-order valence-corrected chi connectivity index (χ4v) is 2.35. The van der Waals surface area contributed by atoms with E-state index in [4.69, 9.17) is 5.84 Å². The summed E-state index contributed by atoms with van der Waals surface area (Å²) >= 11 is 0.498. The molecule has 0 aliphatic carbocycles. The third-order valence-corrected chi connectivity index (χ3v) is 3.49. The van der Waals surface area contributed by atoms with Gasteiger partial charge in [-0.1, -0.05) is 0 Å². The van der Waals surface area contributed by atoms with E-state index in [1.54, 1.807) is 0 Å². The van der Waals surface area contributed by atoms with Crippen LogP contribution in [0.4, 0.5) is 26.3 Å². The fourth-order valence-electron chi connectivity index (χ4n) is 1.64. The normalized spacial score (nSPS) is 12.9. The van der Waals surface area contributed by atoms with Crippen LogP contribution >= 0.6 is 11.8 Å². The minimum atomic E-state index is -4.82. The summed E-state index contributed by atoms with van der Waals surface area (Å²) in [7, 11) is 0. The largest absolute Gasteiger partial charge is 0.453 e. The Balaban J connectivity index is 1.98. The van der Waals surface area contributed by atoms with Crippen LogP contribution in [0, 0.1) is 0 Å². The molecule has 0 aromatic carbocycles. The van der Waals surface area contributed by atoms with Crippen LogP contribution in [0.25, 0.3) is 5.65 Å². The van der Waals surface area contributed by atoms with Gasteiger partial charge in [-0.3, -0.25) is 0 Å². The van der Waals surface area contributed by atoms with E-state index in [2.05, 4.69) is 25.5 Å². The predicted octanol–water partition coefficient (Wildman–Crippen LogP) is 1.62. The van der Waals surface area contributed by atoms with E-state index >= 15 is 0 Å². The van der Waals surface area contributed by atoms with Crippen molar-refractivity contribution in [3.63, 3.8) is 0 Å². The molecule has 3 rings (SSSR count). The van der Waals surface area contributed by atoms with Gasteiger partial charge in [0.15, 0.2) is 5.65 Å². The van der Waals surface area contributed by atoms with Crippen molar-refractivity contribution in [3.8, 4) is 0 Å². The van der Waals surface area contributed by atoms with Gasteiger partial charge in [0.05, 0.1) is 0 Å². The number of aromatic nitrogens is 7. The minimum Gasteiger partial charge on any atom is -0.335 e. The van der Waals surface area contributed by atoms with E-state index in [1.807, 2.05) is 0 Å². The van der Waals surface area contributed by atoms with Crippen LogP contribution in [-0.4, -0.2) is 34.7 Å². The van der Waals surface area contributed by atoms with Crippen molar-refractivity contribution in [1.29, 1.82) is 0 Å². The van der Waals surface area contributed by atoms with Gasteiger partial charge < -0.3 is 5.84 Å². The first-order chi connectivity index (χ1) is 11.1. The highest BCUT2D eigenvalue weighted by molar-refractivity contribution is 7.99. The van der Waals surface area contributed by atoms with Gasteiger partial charge in [0.25, 0.3) is 11.6 Å². The quantitative estimate of drug-likeness (QED) is 0.540. The maximum absolute atomic E-state index is 12.8. The highest BCUT2D eigenvalue weighted by Gasteiger charge is 2.39. The molecule has 0 amide bonds. The zero-order valence-electron chi connectivity index (χ0n) is 11.0. The van der Waals surface area contributed by atoms with Crippen molar-refractivity contribution >= 4 is 17.4 Å². The Morgan fingerprint density at radius 3 is 2.08 bits per heavy atom. The molecule has 2 N–H and O–H groups in total. The van der Waals surface area contributed by atoms with Gasteiger partial charge in [-0.25, -0.2) is 4.68 Å². The zero-order chi connectivity index (χ0) is 17.7. The molecule has 0 unspecified atom stereocenters. The lowest BCUT2D eigenvalue weighted by Gasteiger charge is -2.06. The van der Waals surface area contributed by atoms with Crippen molar-refractivity contribution in [2.75, 3.05) is 5.84 Å². The summed E-state index contributed by atoms with van der Waals surface area (Å²) in [4.78, 5) is 0. The first-order valence-electron chi connectivity index (χ1n) is 5.82. The number of halogens is 6. The number of hydrogen-bond donors (Lipinski definition) is 1. The van der Waals surface area contributed by atoms with Crippen molar-refractivity contribution in [3.05, 3.63) is 23.8 Å². The summed E-state index contributed by atoms with van der Waals surface area (Å²) in [5.74, 6) is 2.42. The lowest BCUT2D eigenvalue weighted by atomic mass is 10.5. The van der Waals surface area contributed by atoms with Gasteiger partial charge in [0, 0.05) is 0 Å². The van der Waals surface area contributed by atoms with E-state index in [0.29, 0.717) is 16.3 Å². The van der Waals surface area contributed by atoms with Crippen LogP contribution in [0.1, 0.15) is 11.6 Å². The number of rotatable bonds is 2. The average Bonchev–Trinajstić information content (AvgIpc) is 3.02. The topological polar surface area (TPSA) is 99.8 Å². The van der Waals surface area contributed by atoms with Crippen LogP contribution in [0.5, 0.6) is 0 Å². The Kier molecular flexibility index (Phi) is 3.54. The van der Waals surface area contributed by atoms with Gasteiger partial charge in [0.1, 0.15) is 5.03 Å². The standard InChI is InChI=1S/C9H4F6N8S/c10-8(11,12)5-18-20-7(22(5)16)24-4-2-1-3-17-19-6(9(13,14)15)23(3)21-4/h1-2H,16H2. The molecular formula is C9H4F6N8S. The predicted molar refractivity (Wildman–Crippen MR) is 65.1 cm³/mol. The van der Waals surface area contributed by atoms with Gasteiger partial charge in [-0.2, -0.15) is 36.0 Å². The molecule has 0 aliphatic heterocycles. The molecule has 3 heterocycles. The second kappa shape index (κ2) is 5.22. The fraction of sp³-hybridized carbons (Fsp3) is 0.222. The zero-order valence-corrected chi connectivity index (χ0v) is 11.9. The van der Waals surface area contributed by atoms with Gasteiger partial charge in [-0.05, 0) is 23.9 Å². The number of nitrogen functional groups attached to an aromatic ring is 1. The Bertz CT molecular complexity index is 896. The van der Waals surface area contributed by atoms with Crippen molar-refractivity contribution in [2.45, 2.75) is 22.5 Å². The molecular weight excluding hydrogens is 366 g/mol. The van der Waals surface area contributed by atoms with Crippen molar-refractivity contribution < 1.29 is 26.3 Å². The van der Waals surface area contributed by atoms with E-state index in [1.165, 1.54) is 12.1 Å². The number of nitrogens with two attached hydrogens (primary N) is 1. The first kappa shape index (κ1) is 16.3. The summed E-state index contributed by atoms with van der Waals surface area (Å²) in [6.07, 6.45) is -9.62. The summed E-state index contributed by atoms with van der Waals surface area (Å²) in [6.45, 7) is 0. The molecule has 0 atom stereocenters. The molecule has 128 valence electrons. The molecule has 0 radical (unpaired) electrons. The van der Waals surface area contributed by atoms with Crippen LogP contribution in [0.15, 0.2) is 22.3 Å². The number of nitrogens with zero attached hydrogens (tertiary/aromatic N) is 7.